The van der Waals surface area contributed by atoms with Gasteiger partial charge < -0.3 is 9.73 Å². The molecule has 1 aromatic carbocycles. The Morgan fingerprint density at radius 2 is 2.31 bits per heavy atom. The number of hydrogen-bond donors (Lipinski definition) is 1. The molecular weight excluding hydrogens is 182 g/mol. The Bertz CT molecular complexity index is 463. The van der Waals surface area contributed by atoms with Crippen molar-refractivity contribution in [3.8, 4) is 0 Å². The highest BCUT2D eigenvalue weighted by molar-refractivity contribution is 8.00. The molecule has 0 spiro atoms. The molecule has 0 amide bonds. The van der Waals surface area contributed by atoms with Gasteiger partial charge in [0.15, 0.2) is 0 Å². The van der Waals surface area contributed by atoms with Crippen LogP contribution in [0.4, 0.5) is 5.69 Å². The van der Waals surface area contributed by atoms with Crippen molar-refractivity contribution >= 4 is 28.4 Å². The van der Waals surface area contributed by atoms with Gasteiger partial charge in [0, 0.05) is 10.3 Å². The third kappa shape index (κ3) is 0.968. The van der Waals surface area contributed by atoms with E-state index in [1.54, 1.807) is 6.26 Å². The number of furan rings is 1. The van der Waals surface area contributed by atoms with E-state index in [-0.39, 0.29) is 0 Å². The molecule has 0 bridgehead atoms. The van der Waals surface area contributed by atoms with Gasteiger partial charge in [-0.05, 0) is 25.1 Å². The van der Waals surface area contributed by atoms with Crippen molar-refractivity contribution in [3.63, 3.8) is 0 Å². The Labute approximate surface area is 80.3 Å². The van der Waals surface area contributed by atoms with Crippen molar-refractivity contribution in [3.05, 3.63) is 24.5 Å². The molecule has 0 saturated heterocycles. The van der Waals surface area contributed by atoms with Crippen LogP contribution in [0.5, 0.6) is 0 Å². The van der Waals surface area contributed by atoms with Gasteiger partial charge >= 0.3 is 0 Å². The van der Waals surface area contributed by atoms with Crippen LogP contribution in [0, 0.1) is 0 Å². The molecule has 0 fully saturated rings. The van der Waals surface area contributed by atoms with Gasteiger partial charge in [0.05, 0.1) is 17.3 Å². The van der Waals surface area contributed by atoms with Crippen molar-refractivity contribution in [1.82, 2.24) is 0 Å². The summed E-state index contributed by atoms with van der Waals surface area (Å²) in [5.41, 5.74) is 2.18. The van der Waals surface area contributed by atoms with Gasteiger partial charge in [0.1, 0.15) is 5.58 Å². The number of rotatable bonds is 0. The van der Waals surface area contributed by atoms with Crippen LogP contribution in [-0.2, 0) is 0 Å². The normalized spacial score (nSPS) is 20.2. The highest BCUT2D eigenvalue weighted by Crippen LogP contribution is 2.42. The lowest BCUT2D eigenvalue weighted by Gasteiger charge is -2.01. The van der Waals surface area contributed by atoms with E-state index in [4.69, 9.17) is 4.42 Å². The summed E-state index contributed by atoms with van der Waals surface area (Å²) in [6.45, 7) is 2.16. The predicted octanol–water partition coefficient (Wildman–Crippen LogP) is 3.30. The molecule has 2 heterocycles. The zero-order chi connectivity index (χ0) is 8.84. The Balaban J connectivity index is 2.34. The molecule has 0 saturated carbocycles. The van der Waals surface area contributed by atoms with Gasteiger partial charge in [-0.2, -0.15) is 0 Å². The summed E-state index contributed by atoms with van der Waals surface area (Å²) >= 11 is 1.86. The third-order valence-corrected chi connectivity index (χ3v) is 3.31. The Hall–Kier alpha value is -1.09. The maximum atomic E-state index is 5.33. The van der Waals surface area contributed by atoms with Crippen molar-refractivity contribution in [1.29, 1.82) is 0 Å². The minimum Gasteiger partial charge on any atom is -0.464 e. The van der Waals surface area contributed by atoms with Crippen LogP contribution in [0.15, 0.2) is 33.8 Å². The highest BCUT2D eigenvalue weighted by atomic mass is 32.2. The number of nitrogens with one attached hydrogen (secondary N) is 1. The van der Waals surface area contributed by atoms with Crippen molar-refractivity contribution in [2.45, 2.75) is 17.2 Å². The number of thioether (sulfide) groups is 1. The fraction of sp³-hybridized carbons (Fsp3) is 0.200. The number of hydrogen-bond acceptors (Lipinski definition) is 3. The molecule has 1 N–H and O–H groups in total. The summed E-state index contributed by atoms with van der Waals surface area (Å²) in [7, 11) is 0. The van der Waals surface area contributed by atoms with Crippen molar-refractivity contribution in [2.24, 2.45) is 0 Å². The molecule has 3 rings (SSSR count). The van der Waals surface area contributed by atoms with E-state index in [2.05, 4.69) is 18.3 Å². The first kappa shape index (κ1) is 7.33. The van der Waals surface area contributed by atoms with E-state index in [1.807, 2.05) is 23.9 Å². The summed E-state index contributed by atoms with van der Waals surface area (Å²) in [6.07, 6.45) is 1.74. The molecule has 1 aromatic heterocycles. The van der Waals surface area contributed by atoms with Crippen molar-refractivity contribution < 1.29 is 4.42 Å². The Morgan fingerprint density at radius 3 is 3.23 bits per heavy atom. The predicted molar refractivity (Wildman–Crippen MR) is 55.2 cm³/mol. The second kappa shape index (κ2) is 2.45. The molecule has 0 aliphatic carbocycles. The first-order valence-corrected chi connectivity index (χ1v) is 5.16. The van der Waals surface area contributed by atoms with Gasteiger partial charge in [-0.3, -0.25) is 0 Å². The lowest BCUT2D eigenvalue weighted by atomic mass is 10.2. The summed E-state index contributed by atoms with van der Waals surface area (Å²) in [6, 6.07) is 6.16. The van der Waals surface area contributed by atoms with Gasteiger partial charge in [0.25, 0.3) is 0 Å². The molecule has 0 radical (unpaired) electrons. The molecule has 1 atom stereocenters. The minimum absolute atomic E-state index is 0.468. The third-order valence-electron chi connectivity index (χ3n) is 2.25. The quantitative estimate of drug-likeness (QED) is 0.691. The molecular formula is C10H9NOS. The average molecular weight is 191 g/mol. The summed E-state index contributed by atoms with van der Waals surface area (Å²) in [5, 5.41) is 5.09. The maximum Gasteiger partial charge on any atom is 0.136 e. The molecule has 1 unspecified atom stereocenters. The van der Waals surface area contributed by atoms with Crippen molar-refractivity contribution in [2.75, 3.05) is 5.32 Å². The lowest BCUT2D eigenvalue weighted by Crippen LogP contribution is -2.02. The van der Waals surface area contributed by atoms with Crippen LogP contribution in [0.2, 0.25) is 0 Å². The molecule has 1 aliphatic rings. The SMILES string of the molecule is CC1Nc2c(ccc3occc23)S1. The van der Waals surface area contributed by atoms with Crippen LogP contribution in [-0.4, -0.2) is 5.37 Å². The smallest absolute Gasteiger partial charge is 0.136 e. The Kier molecular flexibility index (Phi) is 1.38. The molecule has 2 aromatic rings. The molecule has 2 nitrogen and oxygen atoms in total. The zero-order valence-electron chi connectivity index (χ0n) is 7.20. The van der Waals surface area contributed by atoms with E-state index < -0.39 is 0 Å². The summed E-state index contributed by atoms with van der Waals surface area (Å²) in [4.78, 5) is 1.32. The first-order chi connectivity index (χ1) is 6.34. The fourth-order valence-electron chi connectivity index (χ4n) is 1.69. The minimum atomic E-state index is 0.468. The zero-order valence-corrected chi connectivity index (χ0v) is 8.02. The summed E-state index contributed by atoms with van der Waals surface area (Å²) < 4.78 is 5.33. The van der Waals surface area contributed by atoms with E-state index >= 15 is 0 Å². The van der Waals surface area contributed by atoms with E-state index in [1.165, 1.54) is 16.0 Å². The number of anilines is 1. The van der Waals surface area contributed by atoms with Crippen LogP contribution in [0.1, 0.15) is 6.92 Å². The standard InChI is InChI=1S/C10H9NOS/c1-6-11-10-7-4-5-12-8(7)2-3-9(10)13-6/h2-6,11H,1H3. The number of benzene rings is 1. The number of fused-ring (bicyclic) bond motifs is 3. The van der Waals surface area contributed by atoms with E-state index in [9.17, 15) is 0 Å². The molecule has 13 heavy (non-hydrogen) atoms. The van der Waals surface area contributed by atoms with Gasteiger partial charge in [0.2, 0.25) is 0 Å². The van der Waals surface area contributed by atoms with Crippen LogP contribution >= 0.6 is 11.8 Å². The van der Waals surface area contributed by atoms with Crippen LogP contribution < -0.4 is 5.32 Å². The monoisotopic (exact) mass is 191 g/mol. The second-order valence-corrected chi connectivity index (χ2v) is 4.56. The van der Waals surface area contributed by atoms with Gasteiger partial charge in [-0.15, -0.1) is 0 Å². The lowest BCUT2D eigenvalue weighted by molar-refractivity contribution is 0.616. The van der Waals surface area contributed by atoms with E-state index in [0.29, 0.717) is 5.37 Å². The van der Waals surface area contributed by atoms with Gasteiger partial charge in [-0.25, -0.2) is 0 Å². The average Bonchev–Trinajstić information content (AvgIpc) is 2.65. The topological polar surface area (TPSA) is 25.2 Å². The summed E-state index contributed by atoms with van der Waals surface area (Å²) in [5.74, 6) is 0. The maximum absolute atomic E-state index is 5.33. The molecule has 3 heteroatoms. The first-order valence-electron chi connectivity index (χ1n) is 4.28. The highest BCUT2D eigenvalue weighted by Gasteiger charge is 2.20. The second-order valence-electron chi connectivity index (χ2n) is 3.18. The van der Waals surface area contributed by atoms with E-state index in [0.717, 1.165) is 5.58 Å². The Morgan fingerprint density at radius 1 is 1.38 bits per heavy atom. The van der Waals surface area contributed by atoms with Crippen LogP contribution in [0.3, 0.4) is 0 Å². The largest absolute Gasteiger partial charge is 0.464 e. The van der Waals surface area contributed by atoms with Gasteiger partial charge in [-0.1, -0.05) is 11.8 Å². The fourth-order valence-corrected chi connectivity index (χ4v) is 2.69. The molecule has 66 valence electrons. The molecule has 1 aliphatic heterocycles. The van der Waals surface area contributed by atoms with Crippen LogP contribution in [0.25, 0.3) is 11.0 Å².